The van der Waals surface area contributed by atoms with E-state index in [0.717, 1.165) is 18.7 Å². The summed E-state index contributed by atoms with van der Waals surface area (Å²) in [6, 6.07) is 14.0. The molecule has 0 spiro atoms. The van der Waals surface area contributed by atoms with Gasteiger partial charge in [-0.05, 0) is 36.2 Å². The van der Waals surface area contributed by atoms with Crippen LogP contribution in [-0.4, -0.2) is 32.0 Å². The zero-order chi connectivity index (χ0) is 16.9. The van der Waals surface area contributed by atoms with Crippen LogP contribution in [0.4, 0.5) is 15.8 Å². The third kappa shape index (κ3) is 4.68. The Balaban J connectivity index is 0.00000225. The van der Waals surface area contributed by atoms with Crippen LogP contribution in [-0.2, 0) is 11.2 Å². The number of carbonyl (C=O) groups is 1. The van der Waals surface area contributed by atoms with Gasteiger partial charge in [0.1, 0.15) is 5.82 Å². The summed E-state index contributed by atoms with van der Waals surface area (Å²) in [5, 5.41) is 5.71. The molecule has 7 heteroatoms. The molecule has 0 unspecified atom stereocenters. The highest BCUT2D eigenvalue weighted by molar-refractivity contribution is 14.0. The van der Waals surface area contributed by atoms with E-state index in [1.165, 1.54) is 17.7 Å². The van der Waals surface area contributed by atoms with Crippen LogP contribution in [0.15, 0.2) is 53.5 Å². The van der Waals surface area contributed by atoms with Gasteiger partial charge < -0.3 is 15.5 Å². The van der Waals surface area contributed by atoms with Crippen molar-refractivity contribution >= 4 is 47.2 Å². The molecule has 1 amide bonds. The zero-order valence-corrected chi connectivity index (χ0v) is 16.2. The number of hydrogen-bond acceptors (Lipinski definition) is 2. The fourth-order valence-electron chi connectivity index (χ4n) is 2.78. The van der Waals surface area contributed by atoms with Crippen molar-refractivity contribution < 1.29 is 9.18 Å². The van der Waals surface area contributed by atoms with Gasteiger partial charge in [-0.1, -0.05) is 24.3 Å². The number of rotatable bonds is 3. The van der Waals surface area contributed by atoms with Gasteiger partial charge in [0.2, 0.25) is 5.91 Å². The first-order chi connectivity index (χ1) is 11.7. The van der Waals surface area contributed by atoms with Gasteiger partial charge in [-0.3, -0.25) is 9.79 Å². The minimum Gasteiger partial charge on any atom is -0.347 e. The van der Waals surface area contributed by atoms with Gasteiger partial charge in [0.25, 0.3) is 0 Å². The van der Waals surface area contributed by atoms with E-state index in [2.05, 4.69) is 26.6 Å². The summed E-state index contributed by atoms with van der Waals surface area (Å²) in [7, 11) is 1.69. The minimum absolute atomic E-state index is 0. The van der Waals surface area contributed by atoms with Crippen LogP contribution in [0.2, 0.25) is 0 Å². The summed E-state index contributed by atoms with van der Waals surface area (Å²) in [5.74, 6) is 0.00816. The van der Waals surface area contributed by atoms with Crippen LogP contribution in [0.3, 0.4) is 0 Å². The monoisotopic (exact) mass is 454 g/mol. The number of carbonyl (C=O) groups excluding carboxylic acids is 1. The van der Waals surface area contributed by atoms with Crippen LogP contribution in [0.25, 0.3) is 0 Å². The first-order valence-corrected chi connectivity index (χ1v) is 7.79. The van der Waals surface area contributed by atoms with Crippen LogP contribution in [0, 0.1) is 5.82 Å². The molecule has 0 bridgehead atoms. The van der Waals surface area contributed by atoms with Crippen LogP contribution < -0.4 is 15.5 Å². The van der Waals surface area contributed by atoms with Gasteiger partial charge in [0, 0.05) is 25.0 Å². The van der Waals surface area contributed by atoms with Crippen molar-refractivity contribution in [2.45, 2.75) is 6.42 Å². The average molecular weight is 454 g/mol. The molecule has 1 aliphatic rings. The average Bonchev–Trinajstić information content (AvgIpc) is 3.00. The summed E-state index contributed by atoms with van der Waals surface area (Å²) in [5.41, 5.74) is 2.81. The molecule has 2 N–H and O–H groups in total. The zero-order valence-electron chi connectivity index (χ0n) is 13.8. The number of hydrogen-bond donors (Lipinski definition) is 2. The summed E-state index contributed by atoms with van der Waals surface area (Å²) in [6.45, 7) is 0.881. The molecule has 2 aromatic rings. The van der Waals surface area contributed by atoms with Crippen molar-refractivity contribution in [3.63, 3.8) is 0 Å². The lowest BCUT2D eigenvalue weighted by Crippen LogP contribution is -2.43. The van der Waals surface area contributed by atoms with E-state index >= 15 is 0 Å². The summed E-state index contributed by atoms with van der Waals surface area (Å²) in [4.78, 5) is 18.3. The number of anilines is 2. The van der Waals surface area contributed by atoms with Gasteiger partial charge in [0.05, 0.1) is 6.54 Å². The summed E-state index contributed by atoms with van der Waals surface area (Å²) in [6.07, 6.45) is 0.951. The standard InChI is InChI=1S/C18H19FN4O.HI/c1-20-18(23-10-9-13-5-2-3-8-16(13)23)21-12-17(24)22-15-7-4-6-14(19)11-15;/h2-8,11H,9-10,12H2,1H3,(H,20,21)(H,22,24);1H. The van der Waals surface area contributed by atoms with Crippen molar-refractivity contribution in [1.82, 2.24) is 5.32 Å². The van der Waals surface area contributed by atoms with Crippen LogP contribution >= 0.6 is 24.0 Å². The normalized spacial score (nSPS) is 13.0. The summed E-state index contributed by atoms with van der Waals surface area (Å²) >= 11 is 0. The second kappa shape index (κ2) is 8.80. The van der Waals surface area contributed by atoms with E-state index in [-0.39, 0.29) is 42.2 Å². The number of nitrogens with one attached hydrogen (secondary N) is 2. The van der Waals surface area contributed by atoms with E-state index < -0.39 is 0 Å². The van der Waals surface area contributed by atoms with Gasteiger partial charge in [0.15, 0.2) is 5.96 Å². The van der Waals surface area contributed by atoms with Crippen molar-refractivity contribution in [1.29, 1.82) is 0 Å². The van der Waals surface area contributed by atoms with Crippen LogP contribution in [0.1, 0.15) is 5.56 Å². The SMILES string of the molecule is CN=C(NCC(=O)Nc1cccc(F)c1)N1CCc2ccccc21.I. The molecule has 132 valence electrons. The number of para-hydroxylation sites is 1. The molecule has 25 heavy (non-hydrogen) atoms. The maximum absolute atomic E-state index is 13.1. The highest BCUT2D eigenvalue weighted by Crippen LogP contribution is 2.27. The largest absolute Gasteiger partial charge is 0.347 e. The molecule has 1 aliphatic heterocycles. The quantitative estimate of drug-likeness (QED) is 0.426. The fraction of sp³-hybridized carbons (Fsp3) is 0.222. The number of benzene rings is 2. The molecule has 0 radical (unpaired) electrons. The number of halogens is 2. The predicted molar refractivity (Wildman–Crippen MR) is 109 cm³/mol. The molecule has 3 rings (SSSR count). The van der Waals surface area contributed by atoms with E-state index in [1.807, 2.05) is 18.2 Å². The van der Waals surface area contributed by atoms with E-state index in [9.17, 15) is 9.18 Å². The number of fused-ring (bicyclic) bond motifs is 1. The van der Waals surface area contributed by atoms with E-state index in [0.29, 0.717) is 11.6 Å². The lowest BCUT2D eigenvalue weighted by molar-refractivity contribution is -0.115. The number of amides is 1. The maximum Gasteiger partial charge on any atom is 0.243 e. The molecule has 0 aliphatic carbocycles. The molecular weight excluding hydrogens is 434 g/mol. The third-order valence-corrected chi connectivity index (χ3v) is 3.87. The van der Waals surface area contributed by atoms with Gasteiger partial charge in [-0.25, -0.2) is 4.39 Å². The van der Waals surface area contributed by atoms with Crippen molar-refractivity contribution in [2.75, 3.05) is 30.4 Å². The van der Waals surface area contributed by atoms with Crippen molar-refractivity contribution in [3.05, 3.63) is 59.9 Å². The fourth-order valence-corrected chi connectivity index (χ4v) is 2.78. The first-order valence-electron chi connectivity index (χ1n) is 7.79. The Morgan fingerprint density at radius 1 is 1.24 bits per heavy atom. The molecule has 0 saturated carbocycles. The first kappa shape index (κ1) is 19.2. The smallest absolute Gasteiger partial charge is 0.243 e. The maximum atomic E-state index is 13.1. The topological polar surface area (TPSA) is 56.7 Å². The highest BCUT2D eigenvalue weighted by Gasteiger charge is 2.22. The minimum atomic E-state index is -0.384. The lowest BCUT2D eigenvalue weighted by Gasteiger charge is -2.22. The molecule has 0 aromatic heterocycles. The molecule has 2 aromatic carbocycles. The second-order valence-corrected chi connectivity index (χ2v) is 5.49. The van der Waals surface area contributed by atoms with Crippen molar-refractivity contribution in [2.24, 2.45) is 4.99 Å². The Morgan fingerprint density at radius 2 is 2.04 bits per heavy atom. The Bertz CT molecular complexity index is 781. The third-order valence-electron chi connectivity index (χ3n) is 3.87. The van der Waals surface area contributed by atoms with Gasteiger partial charge in [-0.2, -0.15) is 0 Å². The van der Waals surface area contributed by atoms with E-state index in [4.69, 9.17) is 0 Å². The Hall–Kier alpha value is -2.16. The summed E-state index contributed by atoms with van der Waals surface area (Å²) < 4.78 is 13.1. The molecule has 5 nitrogen and oxygen atoms in total. The number of aliphatic imine (C=N–C) groups is 1. The van der Waals surface area contributed by atoms with Crippen LogP contribution in [0.5, 0.6) is 0 Å². The molecule has 0 saturated heterocycles. The number of nitrogens with zero attached hydrogens (tertiary/aromatic N) is 2. The lowest BCUT2D eigenvalue weighted by atomic mass is 10.2. The molecule has 0 fully saturated rings. The van der Waals surface area contributed by atoms with Crippen molar-refractivity contribution in [3.8, 4) is 0 Å². The molecule has 0 atom stereocenters. The van der Waals surface area contributed by atoms with Gasteiger partial charge in [-0.15, -0.1) is 24.0 Å². The molecular formula is C18H20FIN4O. The van der Waals surface area contributed by atoms with Gasteiger partial charge >= 0.3 is 0 Å². The second-order valence-electron chi connectivity index (χ2n) is 5.49. The molecule has 1 heterocycles. The van der Waals surface area contributed by atoms with E-state index in [1.54, 1.807) is 19.2 Å². The highest BCUT2D eigenvalue weighted by atomic mass is 127. The Labute approximate surface area is 163 Å². The number of guanidine groups is 1. The Morgan fingerprint density at radius 3 is 2.80 bits per heavy atom. The Kier molecular flexibility index (Phi) is 6.74. The predicted octanol–water partition coefficient (Wildman–Crippen LogP) is 3.02.